The number of anilines is 1. The summed E-state index contributed by atoms with van der Waals surface area (Å²) < 4.78 is 32.9. The monoisotopic (exact) mass is 457 g/mol. The van der Waals surface area contributed by atoms with E-state index in [1.165, 1.54) is 0 Å². The first-order valence-corrected chi connectivity index (χ1v) is 11.0. The van der Waals surface area contributed by atoms with Crippen LogP contribution in [0.3, 0.4) is 0 Å². The second-order valence-corrected chi connectivity index (χ2v) is 8.27. The van der Waals surface area contributed by atoms with Crippen molar-refractivity contribution >= 4 is 28.3 Å². The van der Waals surface area contributed by atoms with E-state index in [0.29, 0.717) is 36.8 Å². The van der Waals surface area contributed by atoms with Crippen molar-refractivity contribution in [1.29, 1.82) is 0 Å². The largest absolute Gasteiger partial charge is 0.484 e. The Morgan fingerprint density at radius 2 is 1.88 bits per heavy atom. The first-order chi connectivity index (χ1) is 15.5. The van der Waals surface area contributed by atoms with Gasteiger partial charge in [0.1, 0.15) is 17.4 Å². The van der Waals surface area contributed by atoms with Crippen LogP contribution in [0.2, 0.25) is 0 Å². The number of nitrogens with one attached hydrogen (secondary N) is 1. The minimum atomic E-state index is -0.581. The minimum absolute atomic E-state index is 0.0423. The number of hydrogen-bond acceptors (Lipinski definition) is 5. The van der Waals surface area contributed by atoms with Gasteiger partial charge in [-0.05, 0) is 43.2 Å². The number of piperidine rings is 1. The van der Waals surface area contributed by atoms with E-state index in [1.807, 2.05) is 18.2 Å². The summed E-state index contributed by atoms with van der Waals surface area (Å²) in [7, 11) is 0. The van der Waals surface area contributed by atoms with E-state index in [1.54, 1.807) is 22.4 Å². The third-order valence-electron chi connectivity index (χ3n) is 5.26. The first-order valence-electron chi connectivity index (χ1n) is 10.2. The number of halogens is 2. The van der Waals surface area contributed by atoms with Crippen LogP contribution in [0.25, 0.3) is 11.3 Å². The molecule has 0 atom stereocenters. The van der Waals surface area contributed by atoms with Crippen LogP contribution in [0.5, 0.6) is 5.75 Å². The lowest BCUT2D eigenvalue weighted by Crippen LogP contribution is -2.43. The molecule has 0 bridgehead atoms. The van der Waals surface area contributed by atoms with E-state index >= 15 is 0 Å². The Balaban J connectivity index is 1.27. The zero-order valence-electron chi connectivity index (χ0n) is 17.1. The maximum Gasteiger partial charge on any atom is 0.260 e. The zero-order chi connectivity index (χ0) is 22.5. The Hall–Kier alpha value is -3.33. The number of amides is 2. The van der Waals surface area contributed by atoms with Crippen molar-refractivity contribution in [3.8, 4) is 17.0 Å². The Bertz CT molecular complexity index is 1100. The number of benzene rings is 2. The number of aromatic nitrogens is 1. The van der Waals surface area contributed by atoms with E-state index in [9.17, 15) is 18.4 Å². The molecule has 0 saturated carbocycles. The fourth-order valence-corrected chi connectivity index (χ4v) is 4.21. The summed E-state index contributed by atoms with van der Waals surface area (Å²) >= 11 is 1.15. The molecule has 6 nitrogen and oxygen atoms in total. The number of nitrogens with zero attached hydrogens (tertiary/aromatic N) is 2. The number of likely N-dealkylation sites (tertiary alicyclic amines) is 1. The van der Waals surface area contributed by atoms with Gasteiger partial charge in [0.2, 0.25) is 5.91 Å². The summed E-state index contributed by atoms with van der Waals surface area (Å²) in [5.41, 5.74) is 0.312. The van der Waals surface area contributed by atoms with Crippen molar-refractivity contribution in [3.63, 3.8) is 0 Å². The average Bonchev–Trinajstić information content (AvgIpc) is 3.28. The maximum absolute atomic E-state index is 13.9. The lowest BCUT2D eigenvalue weighted by Gasteiger charge is -2.31. The van der Waals surface area contributed by atoms with Gasteiger partial charge in [-0.25, -0.2) is 13.8 Å². The molecule has 0 spiro atoms. The number of hydrogen-bond donors (Lipinski definition) is 1. The molecular formula is C23H21F2N3O3S. The van der Waals surface area contributed by atoms with Crippen molar-refractivity contribution in [3.05, 3.63) is 65.5 Å². The molecule has 1 aromatic heterocycles. The van der Waals surface area contributed by atoms with E-state index in [0.717, 1.165) is 29.5 Å². The van der Waals surface area contributed by atoms with Crippen LogP contribution in [0.15, 0.2) is 53.9 Å². The zero-order valence-corrected chi connectivity index (χ0v) is 17.9. The van der Waals surface area contributed by atoms with Gasteiger partial charge in [0.05, 0.1) is 5.69 Å². The summed E-state index contributed by atoms with van der Waals surface area (Å²) in [6.45, 7) is 0.888. The Morgan fingerprint density at radius 3 is 2.62 bits per heavy atom. The molecule has 1 saturated heterocycles. The number of ether oxygens (including phenoxy) is 1. The van der Waals surface area contributed by atoms with Crippen molar-refractivity contribution in [1.82, 2.24) is 9.88 Å². The van der Waals surface area contributed by atoms with Crippen LogP contribution in [0.1, 0.15) is 12.8 Å². The molecule has 4 rings (SSSR count). The molecule has 0 aliphatic carbocycles. The second-order valence-electron chi connectivity index (χ2n) is 7.41. The molecule has 0 unspecified atom stereocenters. The summed E-state index contributed by atoms with van der Waals surface area (Å²) in [5, 5.41) is 4.64. The standard InChI is InChI=1S/C23H21F2N3O3S/c24-16-6-7-19(25)18(12-16)20-14-32-23(26-20)27-22(30)15-8-10-28(11-9-15)21(29)13-31-17-4-2-1-3-5-17/h1-7,12,14-15H,8-11,13H2,(H,26,27,30). The number of rotatable bonds is 6. The molecule has 2 heterocycles. The predicted octanol–water partition coefficient (Wildman–Crippen LogP) is 4.34. The fourth-order valence-electron chi connectivity index (χ4n) is 3.50. The first kappa shape index (κ1) is 21.9. The molecule has 0 radical (unpaired) electrons. The Labute approximate surface area is 187 Å². The van der Waals surface area contributed by atoms with Crippen LogP contribution in [0.4, 0.5) is 13.9 Å². The van der Waals surface area contributed by atoms with Crippen LogP contribution in [-0.2, 0) is 9.59 Å². The van der Waals surface area contributed by atoms with Crippen LogP contribution >= 0.6 is 11.3 Å². The van der Waals surface area contributed by atoms with E-state index in [2.05, 4.69) is 10.3 Å². The predicted molar refractivity (Wildman–Crippen MR) is 117 cm³/mol. The molecule has 2 aromatic carbocycles. The topological polar surface area (TPSA) is 71.5 Å². The van der Waals surface area contributed by atoms with Gasteiger partial charge in [-0.2, -0.15) is 0 Å². The molecule has 1 aliphatic rings. The SMILES string of the molecule is O=C(Nc1nc(-c2cc(F)ccc2F)cs1)C1CCN(C(=O)COc2ccccc2)CC1. The summed E-state index contributed by atoms with van der Waals surface area (Å²) in [6.07, 6.45) is 1.05. The van der Waals surface area contributed by atoms with Gasteiger partial charge in [0.25, 0.3) is 5.91 Å². The number of carbonyl (C=O) groups is 2. The number of para-hydroxylation sites is 1. The van der Waals surface area contributed by atoms with Gasteiger partial charge in [0, 0.05) is 30.0 Å². The van der Waals surface area contributed by atoms with E-state index in [-0.39, 0.29) is 35.6 Å². The maximum atomic E-state index is 13.9. The average molecular weight is 458 g/mol. The molecular weight excluding hydrogens is 436 g/mol. The molecule has 3 aromatic rings. The smallest absolute Gasteiger partial charge is 0.260 e. The van der Waals surface area contributed by atoms with Gasteiger partial charge >= 0.3 is 0 Å². The lowest BCUT2D eigenvalue weighted by molar-refractivity contribution is -0.136. The highest BCUT2D eigenvalue weighted by atomic mass is 32.1. The summed E-state index contributed by atoms with van der Waals surface area (Å²) in [5.74, 6) is -1.07. The highest BCUT2D eigenvalue weighted by molar-refractivity contribution is 7.14. The Morgan fingerprint density at radius 1 is 1.12 bits per heavy atom. The lowest BCUT2D eigenvalue weighted by atomic mass is 9.96. The summed E-state index contributed by atoms with van der Waals surface area (Å²) in [6, 6.07) is 12.3. The normalized spacial score (nSPS) is 14.2. The van der Waals surface area contributed by atoms with Crippen molar-refractivity contribution in [2.24, 2.45) is 5.92 Å². The van der Waals surface area contributed by atoms with Crippen molar-refractivity contribution in [2.75, 3.05) is 25.0 Å². The van der Waals surface area contributed by atoms with Crippen molar-refractivity contribution < 1.29 is 23.1 Å². The van der Waals surface area contributed by atoms with Gasteiger partial charge in [0.15, 0.2) is 11.7 Å². The minimum Gasteiger partial charge on any atom is -0.484 e. The van der Waals surface area contributed by atoms with Crippen LogP contribution < -0.4 is 10.1 Å². The van der Waals surface area contributed by atoms with E-state index < -0.39 is 11.6 Å². The number of carbonyl (C=O) groups excluding carboxylic acids is 2. The third-order valence-corrected chi connectivity index (χ3v) is 6.02. The third kappa shape index (κ3) is 5.28. The molecule has 32 heavy (non-hydrogen) atoms. The molecule has 9 heteroatoms. The van der Waals surface area contributed by atoms with Gasteiger partial charge in [-0.15, -0.1) is 11.3 Å². The van der Waals surface area contributed by atoms with Gasteiger partial charge in [-0.1, -0.05) is 18.2 Å². The molecule has 1 fully saturated rings. The fraction of sp³-hybridized carbons (Fsp3) is 0.261. The quantitative estimate of drug-likeness (QED) is 0.598. The molecule has 2 amide bonds. The summed E-state index contributed by atoms with van der Waals surface area (Å²) in [4.78, 5) is 30.9. The van der Waals surface area contributed by atoms with Gasteiger partial charge < -0.3 is 15.0 Å². The highest BCUT2D eigenvalue weighted by Crippen LogP contribution is 2.28. The van der Waals surface area contributed by atoms with Gasteiger partial charge in [-0.3, -0.25) is 9.59 Å². The van der Waals surface area contributed by atoms with Crippen LogP contribution in [-0.4, -0.2) is 41.4 Å². The molecule has 1 N–H and O–H groups in total. The highest BCUT2D eigenvalue weighted by Gasteiger charge is 2.28. The van der Waals surface area contributed by atoms with E-state index in [4.69, 9.17) is 4.74 Å². The van der Waals surface area contributed by atoms with Crippen LogP contribution in [0, 0.1) is 17.6 Å². The van der Waals surface area contributed by atoms with Crippen molar-refractivity contribution in [2.45, 2.75) is 12.8 Å². The second kappa shape index (κ2) is 9.86. The number of thiazole rings is 1. The Kier molecular flexibility index (Phi) is 6.75. The molecule has 166 valence electrons. The molecule has 1 aliphatic heterocycles.